The molecule has 0 unspecified atom stereocenters. The van der Waals surface area contributed by atoms with Crippen molar-refractivity contribution in [1.82, 2.24) is 24.1 Å². The first-order valence-corrected chi connectivity index (χ1v) is 13.7. The van der Waals surface area contributed by atoms with Crippen molar-refractivity contribution in [3.8, 4) is 39.5 Å². The first-order valence-electron chi connectivity index (χ1n) is 13.7. The maximum absolute atomic E-state index is 5.20. The smallest absolute Gasteiger partial charge is 0.140 e. The molecule has 0 aliphatic rings. The molecule has 4 aromatic carbocycles. The third-order valence-corrected chi connectivity index (χ3v) is 7.90. The van der Waals surface area contributed by atoms with E-state index in [1.54, 1.807) is 0 Å². The summed E-state index contributed by atoms with van der Waals surface area (Å²) in [6.07, 6.45) is 5.49. The number of benzene rings is 4. The van der Waals surface area contributed by atoms with Crippen LogP contribution in [-0.4, -0.2) is 24.1 Å². The number of pyridine rings is 2. The molecule has 0 saturated heterocycles. The van der Waals surface area contributed by atoms with Crippen LogP contribution in [0.15, 0.2) is 134 Å². The Morgan fingerprint density at radius 3 is 2.24 bits per heavy atom. The van der Waals surface area contributed by atoms with Crippen LogP contribution in [0, 0.1) is 0 Å². The van der Waals surface area contributed by atoms with Crippen molar-refractivity contribution in [3.05, 3.63) is 134 Å². The summed E-state index contributed by atoms with van der Waals surface area (Å²) in [4.78, 5) is 14.0. The molecule has 41 heavy (non-hydrogen) atoms. The number of para-hydroxylation sites is 2. The van der Waals surface area contributed by atoms with Crippen LogP contribution in [0.1, 0.15) is 0 Å². The van der Waals surface area contributed by atoms with Gasteiger partial charge in [-0.25, -0.2) is 4.98 Å². The van der Waals surface area contributed by atoms with Crippen molar-refractivity contribution in [2.75, 3.05) is 0 Å². The standard InChI is InChI=1S/C36H25N5/c1-40-33-14-7-11-28(24-17-20-37-21-18-24)35(33)39-36(40)26-15-16-30-29-10-2-3-13-32(29)41(34(30)23-26)27-9-6-8-25(22-27)31-12-4-5-19-38-31/h2-23H,1H3. The number of fused-ring (bicyclic) bond motifs is 4. The van der Waals surface area contributed by atoms with Crippen molar-refractivity contribution in [2.45, 2.75) is 0 Å². The lowest BCUT2D eigenvalue weighted by Gasteiger charge is -2.11. The number of hydrogen-bond acceptors (Lipinski definition) is 3. The molecule has 0 N–H and O–H groups in total. The Labute approximate surface area is 237 Å². The number of rotatable bonds is 4. The highest BCUT2D eigenvalue weighted by molar-refractivity contribution is 6.10. The molecule has 0 bridgehead atoms. The van der Waals surface area contributed by atoms with E-state index in [-0.39, 0.29) is 0 Å². The Morgan fingerprint density at radius 1 is 0.561 bits per heavy atom. The zero-order valence-corrected chi connectivity index (χ0v) is 22.4. The lowest BCUT2D eigenvalue weighted by Crippen LogP contribution is -1.96. The summed E-state index contributed by atoms with van der Waals surface area (Å²) in [5.74, 6) is 0.933. The summed E-state index contributed by atoms with van der Waals surface area (Å²) in [7, 11) is 2.09. The normalized spacial score (nSPS) is 11.5. The van der Waals surface area contributed by atoms with Crippen molar-refractivity contribution in [3.63, 3.8) is 0 Å². The summed E-state index contributed by atoms with van der Waals surface area (Å²) in [6, 6.07) is 40.4. The van der Waals surface area contributed by atoms with Crippen LogP contribution in [0.25, 0.3) is 72.3 Å². The molecule has 0 amide bonds. The number of nitrogens with zero attached hydrogens (tertiary/aromatic N) is 5. The number of aryl methyl sites for hydroxylation is 1. The first kappa shape index (κ1) is 23.3. The lowest BCUT2D eigenvalue weighted by atomic mass is 10.1. The zero-order valence-electron chi connectivity index (χ0n) is 22.4. The van der Waals surface area contributed by atoms with Crippen LogP contribution in [0.2, 0.25) is 0 Å². The Hall–Kier alpha value is -5.55. The molecule has 0 saturated carbocycles. The van der Waals surface area contributed by atoms with E-state index < -0.39 is 0 Å². The minimum absolute atomic E-state index is 0.933. The number of imidazole rings is 1. The fourth-order valence-corrected chi connectivity index (χ4v) is 5.96. The molecule has 0 fully saturated rings. The van der Waals surface area contributed by atoms with Gasteiger partial charge in [0.15, 0.2) is 0 Å². The van der Waals surface area contributed by atoms with Crippen LogP contribution in [0.4, 0.5) is 0 Å². The van der Waals surface area contributed by atoms with E-state index in [2.05, 4.69) is 117 Å². The highest BCUT2D eigenvalue weighted by Gasteiger charge is 2.17. The van der Waals surface area contributed by atoms with Crippen molar-refractivity contribution in [2.24, 2.45) is 7.05 Å². The van der Waals surface area contributed by atoms with E-state index in [1.807, 2.05) is 42.9 Å². The molecule has 0 aliphatic carbocycles. The van der Waals surface area contributed by atoms with Crippen LogP contribution in [-0.2, 0) is 7.05 Å². The summed E-state index contributed by atoms with van der Waals surface area (Å²) >= 11 is 0. The third kappa shape index (κ3) is 3.74. The second kappa shape index (κ2) is 9.28. The van der Waals surface area contributed by atoms with Crippen molar-refractivity contribution < 1.29 is 0 Å². The highest BCUT2D eigenvalue weighted by atomic mass is 15.1. The highest BCUT2D eigenvalue weighted by Crippen LogP contribution is 2.37. The topological polar surface area (TPSA) is 48.5 Å². The van der Waals surface area contributed by atoms with Crippen LogP contribution in [0.5, 0.6) is 0 Å². The molecule has 0 radical (unpaired) electrons. The lowest BCUT2D eigenvalue weighted by molar-refractivity contribution is 0.959. The predicted molar refractivity (Wildman–Crippen MR) is 167 cm³/mol. The van der Waals surface area contributed by atoms with E-state index in [9.17, 15) is 0 Å². The van der Waals surface area contributed by atoms with Gasteiger partial charge in [-0.1, -0.05) is 60.7 Å². The van der Waals surface area contributed by atoms with Gasteiger partial charge in [0.25, 0.3) is 0 Å². The molecule has 8 aromatic rings. The van der Waals surface area contributed by atoms with E-state index in [0.29, 0.717) is 0 Å². The Morgan fingerprint density at radius 2 is 1.37 bits per heavy atom. The maximum atomic E-state index is 5.20. The van der Waals surface area contributed by atoms with Gasteiger partial charge in [0.05, 0.1) is 27.8 Å². The maximum Gasteiger partial charge on any atom is 0.140 e. The zero-order chi connectivity index (χ0) is 27.3. The molecule has 4 heterocycles. The van der Waals surface area contributed by atoms with Gasteiger partial charge in [0.1, 0.15) is 5.82 Å². The fourth-order valence-electron chi connectivity index (χ4n) is 5.96. The Balaban J connectivity index is 1.35. The van der Waals surface area contributed by atoms with Gasteiger partial charge in [-0.3, -0.25) is 9.97 Å². The average Bonchev–Trinajstić information content (AvgIpc) is 3.56. The minimum Gasteiger partial charge on any atom is -0.327 e. The molecule has 4 aromatic heterocycles. The summed E-state index contributed by atoms with van der Waals surface area (Å²) in [6.45, 7) is 0. The Bertz CT molecular complexity index is 2210. The van der Waals surface area contributed by atoms with Gasteiger partial charge in [-0.15, -0.1) is 0 Å². The van der Waals surface area contributed by atoms with Crippen LogP contribution in [0.3, 0.4) is 0 Å². The average molecular weight is 528 g/mol. The van der Waals surface area contributed by atoms with Crippen LogP contribution < -0.4 is 0 Å². The van der Waals surface area contributed by atoms with Gasteiger partial charge in [0.2, 0.25) is 0 Å². The van der Waals surface area contributed by atoms with Crippen molar-refractivity contribution >= 4 is 32.8 Å². The number of hydrogen-bond donors (Lipinski definition) is 0. The minimum atomic E-state index is 0.933. The van der Waals surface area contributed by atoms with Gasteiger partial charge in [-0.05, 0) is 60.2 Å². The third-order valence-electron chi connectivity index (χ3n) is 7.90. The van der Waals surface area contributed by atoms with Crippen molar-refractivity contribution in [1.29, 1.82) is 0 Å². The molecule has 0 spiro atoms. The number of aromatic nitrogens is 5. The van der Waals surface area contributed by atoms with Gasteiger partial charge < -0.3 is 9.13 Å². The summed E-state index contributed by atoms with van der Waals surface area (Å²) in [5.41, 5.74) is 10.8. The molecule has 0 aliphatic heterocycles. The van der Waals surface area contributed by atoms with E-state index in [4.69, 9.17) is 4.98 Å². The van der Waals surface area contributed by atoms with Gasteiger partial charge in [-0.2, -0.15) is 0 Å². The monoisotopic (exact) mass is 527 g/mol. The second-order valence-electron chi connectivity index (χ2n) is 10.3. The predicted octanol–water partition coefficient (Wildman–Crippen LogP) is 8.46. The van der Waals surface area contributed by atoms with Crippen LogP contribution >= 0.6 is 0 Å². The second-order valence-corrected chi connectivity index (χ2v) is 10.3. The molecule has 0 atom stereocenters. The molecular weight excluding hydrogens is 502 g/mol. The molecular formula is C36H25N5. The van der Waals surface area contributed by atoms with Gasteiger partial charge in [0, 0.05) is 58.8 Å². The molecule has 5 heteroatoms. The van der Waals surface area contributed by atoms with E-state index in [1.165, 1.54) is 16.3 Å². The fraction of sp³-hybridized carbons (Fsp3) is 0.0278. The summed E-state index contributed by atoms with van der Waals surface area (Å²) in [5, 5.41) is 2.44. The molecule has 194 valence electrons. The van der Waals surface area contributed by atoms with Gasteiger partial charge >= 0.3 is 0 Å². The quantitative estimate of drug-likeness (QED) is 0.231. The largest absolute Gasteiger partial charge is 0.327 e. The molecule has 8 rings (SSSR count). The molecule has 5 nitrogen and oxygen atoms in total. The Kier molecular flexibility index (Phi) is 5.28. The first-order chi connectivity index (χ1) is 20.3. The van der Waals surface area contributed by atoms with E-state index >= 15 is 0 Å². The summed E-state index contributed by atoms with van der Waals surface area (Å²) < 4.78 is 4.54. The SMILES string of the molecule is Cn1c(-c2ccc3c4ccccc4n(-c4cccc(-c5ccccn5)c4)c3c2)nc2c(-c3ccncc3)cccc21. The van der Waals surface area contributed by atoms with E-state index in [0.717, 1.165) is 56.0 Å².